The average Bonchev–Trinajstić information content (AvgIpc) is 2.52. The molecular formula is C16H14F4O3. The van der Waals surface area contributed by atoms with Gasteiger partial charge in [-0.1, -0.05) is 12.1 Å². The van der Waals surface area contributed by atoms with Crippen LogP contribution in [0.5, 0.6) is 5.75 Å². The van der Waals surface area contributed by atoms with Crippen molar-refractivity contribution in [1.82, 2.24) is 0 Å². The van der Waals surface area contributed by atoms with Gasteiger partial charge in [-0.15, -0.1) is 0 Å². The molecule has 3 nitrogen and oxygen atoms in total. The summed E-state index contributed by atoms with van der Waals surface area (Å²) in [6, 6.07) is 6.68. The van der Waals surface area contributed by atoms with Crippen LogP contribution in [0.2, 0.25) is 0 Å². The Morgan fingerprint density at radius 2 is 1.57 bits per heavy atom. The zero-order valence-corrected chi connectivity index (χ0v) is 11.9. The van der Waals surface area contributed by atoms with E-state index in [0.717, 1.165) is 24.3 Å². The van der Waals surface area contributed by atoms with Crippen molar-refractivity contribution in [3.05, 3.63) is 64.5 Å². The maximum atomic E-state index is 13.3. The van der Waals surface area contributed by atoms with Crippen molar-refractivity contribution in [1.29, 1.82) is 0 Å². The van der Waals surface area contributed by atoms with E-state index < -0.39 is 30.8 Å². The highest BCUT2D eigenvalue weighted by Gasteiger charge is 2.30. The number of hydrogen-bond donors (Lipinski definition) is 2. The summed E-state index contributed by atoms with van der Waals surface area (Å²) >= 11 is 0. The van der Waals surface area contributed by atoms with Gasteiger partial charge in [-0.3, -0.25) is 0 Å². The number of aliphatic hydroxyl groups is 2. The molecule has 0 radical (unpaired) electrons. The first-order chi connectivity index (χ1) is 10.8. The largest absolute Gasteiger partial charge is 0.488 e. The molecule has 0 saturated heterocycles. The van der Waals surface area contributed by atoms with Crippen LogP contribution in [0.3, 0.4) is 0 Å². The number of hydrogen-bond acceptors (Lipinski definition) is 3. The van der Waals surface area contributed by atoms with E-state index in [9.17, 15) is 27.8 Å². The van der Waals surface area contributed by atoms with Crippen molar-refractivity contribution in [3.8, 4) is 5.75 Å². The van der Waals surface area contributed by atoms with Crippen LogP contribution in [0.1, 0.15) is 22.3 Å². The van der Waals surface area contributed by atoms with E-state index in [1.807, 2.05) is 0 Å². The van der Waals surface area contributed by atoms with Crippen LogP contribution >= 0.6 is 0 Å². The molecule has 0 aliphatic carbocycles. The Hall–Kier alpha value is -2.12. The number of halogens is 4. The highest BCUT2D eigenvalue weighted by Crippen LogP contribution is 2.31. The molecule has 124 valence electrons. The Balaban J connectivity index is 2.24. The third-order valence-electron chi connectivity index (χ3n) is 3.19. The van der Waals surface area contributed by atoms with Gasteiger partial charge in [0.25, 0.3) is 0 Å². The molecule has 0 heterocycles. The fourth-order valence-electron chi connectivity index (χ4n) is 2.13. The van der Waals surface area contributed by atoms with Crippen molar-refractivity contribution in [2.24, 2.45) is 0 Å². The van der Waals surface area contributed by atoms with Crippen LogP contribution in [-0.2, 0) is 26.0 Å². The fourth-order valence-corrected chi connectivity index (χ4v) is 2.13. The number of ether oxygens (including phenoxy) is 1. The maximum Gasteiger partial charge on any atom is 0.416 e. The standard InChI is InChI=1S/C16H14F4O3/c17-14-5-11(7-21)15(12(6-14)8-22)23-9-10-2-1-3-13(4-10)16(18,19)20/h1-6,21-22H,7-9H2. The van der Waals surface area contributed by atoms with Crippen LogP contribution in [0.4, 0.5) is 17.6 Å². The molecule has 0 aliphatic heterocycles. The SMILES string of the molecule is OCc1cc(F)cc(CO)c1OCc1cccc(C(F)(F)F)c1. The third kappa shape index (κ3) is 4.20. The maximum absolute atomic E-state index is 13.3. The molecule has 0 fully saturated rings. The van der Waals surface area contributed by atoms with E-state index in [1.54, 1.807) is 0 Å². The van der Waals surface area contributed by atoms with Crippen molar-refractivity contribution in [2.45, 2.75) is 26.0 Å². The van der Waals surface area contributed by atoms with Gasteiger partial charge < -0.3 is 14.9 Å². The minimum Gasteiger partial charge on any atom is -0.488 e. The normalized spacial score (nSPS) is 11.6. The Morgan fingerprint density at radius 1 is 0.957 bits per heavy atom. The second-order valence-electron chi connectivity index (χ2n) is 4.86. The smallest absolute Gasteiger partial charge is 0.416 e. The lowest BCUT2D eigenvalue weighted by atomic mass is 10.1. The van der Waals surface area contributed by atoms with Crippen molar-refractivity contribution < 1.29 is 32.5 Å². The lowest BCUT2D eigenvalue weighted by Gasteiger charge is -2.15. The predicted molar refractivity (Wildman–Crippen MR) is 74.0 cm³/mol. The third-order valence-corrected chi connectivity index (χ3v) is 3.19. The molecule has 0 aliphatic rings. The van der Waals surface area contributed by atoms with Gasteiger partial charge in [0.15, 0.2) is 0 Å². The first kappa shape index (κ1) is 17.2. The summed E-state index contributed by atoms with van der Waals surface area (Å²) in [5, 5.41) is 18.5. The lowest BCUT2D eigenvalue weighted by Crippen LogP contribution is -2.07. The Kier molecular flexibility index (Phi) is 5.23. The molecule has 2 aromatic carbocycles. The molecule has 2 rings (SSSR count). The predicted octanol–water partition coefficient (Wildman–Crippen LogP) is 3.41. The molecule has 7 heteroatoms. The molecule has 0 amide bonds. The Labute approximate surface area is 129 Å². The number of rotatable bonds is 5. The van der Waals surface area contributed by atoms with Crippen LogP contribution in [0.15, 0.2) is 36.4 Å². The van der Waals surface area contributed by atoms with Gasteiger partial charge in [0.05, 0.1) is 18.8 Å². The summed E-state index contributed by atoms with van der Waals surface area (Å²) < 4.78 is 56.7. The molecular weight excluding hydrogens is 316 g/mol. The highest BCUT2D eigenvalue weighted by molar-refractivity contribution is 5.41. The van der Waals surface area contributed by atoms with Gasteiger partial charge >= 0.3 is 6.18 Å². The first-order valence-corrected chi connectivity index (χ1v) is 6.67. The number of alkyl halides is 3. The summed E-state index contributed by atoms with van der Waals surface area (Å²) in [4.78, 5) is 0. The van der Waals surface area contributed by atoms with Crippen molar-refractivity contribution in [3.63, 3.8) is 0 Å². The van der Waals surface area contributed by atoms with E-state index in [1.165, 1.54) is 12.1 Å². The number of aliphatic hydroxyl groups excluding tert-OH is 2. The van der Waals surface area contributed by atoms with E-state index >= 15 is 0 Å². The van der Waals surface area contributed by atoms with Crippen molar-refractivity contribution in [2.75, 3.05) is 0 Å². The van der Waals surface area contributed by atoms with Crippen molar-refractivity contribution >= 4 is 0 Å². The van der Waals surface area contributed by atoms with Gasteiger partial charge in [0.2, 0.25) is 0 Å². The monoisotopic (exact) mass is 330 g/mol. The van der Waals surface area contributed by atoms with E-state index in [0.29, 0.717) is 0 Å². The second-order valence-corrected chi connectivity index (χ2v) is 4.86. The zero-order chi connectivity index (χ0) is 17.0. The molecule has 0 atom stereocenters. The van der Waals surface area contributed by atoms with Crippen LogP contribution in [-0.4, -0.2) is 10.2 Å². The van der Waals surface area contributed by atoms with Gasteiger partial charge in [0.1, 0.15) is 18.2 Å². The van der Waals surface area contributed by atoms with Gasteiger partial charge in [-0.2, -0.15) is 13.2 Å². The zero-order valence-electron chi connectivity index (χ0n) is 11.9. The van der Waals surface area contributed by atoms with Gasteiger partial charge in [-0.05, 0) is 29.8 Å². The molecule has 0 saturated carbocycles. The van der Waals surface area contributed by atoms with Crippen LogP contribution in [0, 0.1) is 5.82 Å². The molecule has 2 N–H and O–H groups in total. The van der Waals surface area contributed by atoms with Gasteiger partial charge in [0, 0.05) is 11.1 Å². The first-order valence-electron chi connectivity index (χ1n) is 6.67. The molecule has 0 bridgehead atoms. The summed E-state index contributed by atoms with van der Waals surface area (Å²) in [5.41, 5.74) is -0.318. The van der Waals surface area contributed by atoms with E-state index in [-0.39, 0.29) is 29.0 Å². The van der Waals surface area contributed by atoms with Crippen LogP contribution in [0.25, 0.3) is 0 Å². The molecule has 0 unspecified atom stereocenters. The lowest BCUT2D eigenvalue weighted by molar-refractivity contribution is -0.137. The second kappa shape index (κ2) is 6.97. The summed E-state index contributed by atoms with van der Waals surface area (Å²) in [6.45, 7) is -1.26. The van der Waals surface area contributed by atoms with Crippen LogP contribution < -0.4 is 4.74 Å². The summed E-state index contributed by atoms with van der Waals surface area (Å²) in [5.74, 6) is -0.585. The van der Waals surface area contributed by atoms with E-state index in [2.05, 4.69) is 0 Å². The molecule has 23 heavy (non-hydrogen) atoms. The molecule has 0 spiro atoms. The molecule has 2 aromatic rings. The van der Waals surface area contributed by atoms with Gasteiger partial charge in [-0.25, -0.2) is 4.39 Å². The minimum absolute atomic E-state index is 0.0637. The summed E-state index contributed by atoms with van der Waals surface area (Å²) in [6.07, 6.45) is -4.46. The number of benzene rings is 2. The quantitative estimate of drug-likeness (QED) is 0.826. The van der Waals surface area contributed by atoms with E-state index in [4.69, 9.17) is 4.74 Å². The average molecular weight is 330 g/mol. The topological polar surface area (TPSA) is 49.7 Å². The Bertz CT molecular complexity index is 658. The summed E-state index contributed by atoms with van der Waals surface area (Å²) in [7, 11) is 0. The minimum atomic E-state index is -4.46. The fraction of sp³-hybridized carbons (Fsp3) is 0.250. The Morgan fingerprint density at radius 3 is 2.09 bits per heavy atom. The molecule has 0 aromatic heterocycles. The highest BCUT2D eigenvalue weighted by atomic mass is 19.4.